The zero-order valence-corrected chi connectivity index (χ0v) is 51.3. The lowest BCUT2D eigenvalue weighted by Crippen LogP contribution is -2.40. The number of methoxy groups -OCH3 is 1. The molecule has 0 saturated carbocycles. The SMILES string of the molecule is COc1ccccc1/C(=C1/N=C(c2ccc(C(C)(C)C)cc2)C=C1c1ccc(C(C)(C)C)cc1)c1c(-c2ccc(C(C)(C)C)cc2)cc(-c2ccc(C(C)(C)C)cc2)n1B(Oc1cc(C)cc(C(F)(F)F)c1)Oc1cc(C(F)(F)F)cc(C(F)(F)F)c1. The van der Waals surface area contributed by atoms with Gasteiger partial charge in [0.1, 0.15) is 17.2 Å². The van der Waals surface area contributed by atoms with Crippen LogP contribution < -0.4 is 14.0 Å². The minimum atomic E-state index is -5.32. The molecule has 0 bridgehead atoms. The van der Waals surface area contributed by atoms with Crippen LogP contribution in [0.3, 0.4) is 0 Å². The van der Waals surface area contributed by atoms with Crippen LogP contribution in [0.15, 0.2) is 181 Å². The van der Waals surface area contributed by atoms with E-state index in [1.54, 1.807) is 18.2 Å². The Kier molecular flexibility index (Phi) is 16.8. The Bertz CT molecular complexity index is 3900. The lowest BCUT2D eigenvalue weighted by molar-refractivity contribution is -0.143. The summed E-state index contributed by atoms with van der Waals surface area (Å²) in [6, 6.07) is 44.0. The van der Waals surface area contributed by atoms with Gasteiger partial charge in [0.2, 0.25) is 0 Å². The second kappa shape index (κ2) is 23.1. The number of hydrogen-bond acceptors (Lipinski definition) is 4. The summed E-state index contributed by atoms with van der Waals surface area (Å²) in [6.07, 6.45) is -13.6. The zero-order valence-electron chi connectivity index (χ0n) is 51.3. The maximum absolute atomic E-state index is 14.9. The Labute approximate surface area is 504 Å². The number of halogens is 9. The number of rotatable bonds is 12. The molecular weight excluding hydrogens is 1120 g/mol. The maximum Gasteiger partial charge on any atom is 0.743 e. The Morgan fingerprint density at radius 1 is 0.437 bits per heavy atom. The Morgan fingerprint density at radius 3 is 1.28 bits per heavy atom. The Hall–Kier alpha value is -8.20. The number of para-hydroxylation sites is 1. The van der Waals surface area contributed by atoms with E-state index in [0.717, 1.165) is 39.4 Å². The minimum absolute atomic E-state index is 0.0278. The molecule has 1 aromatic heterocycles. The molecule has 0 radical (unpaired) electrons. The highest BCUT2D eigenvalue weighted by atomic mass is 19.4. The van der Waals surface area contributed by atoms with Crippen LogP contribution in [0, 0.1) is 6.92 Å². The highest BCUT2D eigenvalue weighted by molar-refractivity contribution is 6.46. The predicted octanol–water partition coefficient (Wildman–Crippen LogP) is 20.7. The van der Waals surface area contributed by atoms with Crippen molar-refractivity contribution in [2.45, 2.75) is 130 Å². The second-order valence-corrected chi connectivity index (χ2v) is 26.3. The van der Waals surface area contributed by atoms with E-state index in [9.17, 15) is 39.5 Å². The molecule has 5 nitrogen and oxygen atoms in total. The third-order valence-electron chi connectivity index (χ3n) is 15.5. The van der Waals surface area contributed by atoms with Gasteiger partial charge in [0.05, 0.1) is 40.9 Å². The molecule has 0 unspecified atom stereocenters. The average Bonchev–Trinajstić information content (AvgIpc) is 1.63. The number of allylic oxidation sites excluding steroid dienone is 2. The molecule has 1 aliphatic heterocycles. The minimum Gasteiger partial charge on any atom is -0.507 e. The van der Waals surface area contributed by atoms with Crippen molar-refractivity contribution < 1.29 is 53.6 Å². The highest BCUT2D eigenvalue weighted by Crippen LogP contribution is 2.49. The number of nitrogens with zero attached hydrogens (tertiary/aromatic N) is 2. The summed E-state index contributed by atoms with van der Waals surface area (Å²) in [5.74, 6) is -1.09. The van der Waals surface area contributed by atoms with E-state index in [1.165, 1.54) is 24.6 Å². The Balaban J connectivity index is 1.52. The summed E-state index contributed by atoms with van der Waals surface area (Å²) in [5, 5.41) is 0. The number of aliphatic imine (C=N–C) groups is 1. The third-order valence-corrected chi connectivity index (χ3v) is 15.5. The number of ether oxygens (including phenoxy) is 1. The molecule has 0 atom stereocenters. The van der Waals surface area contributed by atoms with Gasteiger partial charge in [-0.05, 0) is 128 Å². The monoisotopic (exact) mass is 1190 g/mol. The van der Waals surface area contributed by atoms with Crippen molar-refractivity contribution in [1.82, 2.24) is 4.48 Å². The number of aromatic nitrogens is 1. The third kappa shape index (κ3) is 14.0. The first-order valence-electron chi connectivity index (χ1n) is 28.6. The van der Waals surface area contributed by atoms with Gasteiger partial charge in [0.15, 0.2) is 0 Å². The van der Waals surface area contributed by atoms with Crippen molar-refractivity contribution in [3.05, 3.63) is 242 Å². The van der Waals surface area contributed by atoms with Gasteiger partial charge in [-0.15, -0.1) is 0 Å². The lowest BCUT2D eigenvalue weighted by Gasteiger charge is -2.26. The van der Waals surface area contributed by atoms with Crippen LogP contribution in [0.2, 0.25) is 0 Å². The van der Waals surface area contributed by atoms with Gasteiger partial charge in [-0.3, -0.25) is 0 Å². The van der Waals surface area contributed by atoms with Crippen LogP contribution in [0.1, 0.15) is 150 Å². The van der Waals surface area contributed by atoms with Crippen molar-refractivity contribution in [2.75, 3.05) is 7.11 Å². The van der Waals surface area contributed by atoms with Crippen molar-refractivity contribution >= 4 is 24.1 Å². The van der Waals surface area contributed by atoms with Crippen LogP contribution in [0.4, 0.5) is 39.5 Å². The van der Waals surface area contributed by atoms with E-state index in [0.29, 0.717) is 68.8 Å². The van der Waals surface area contributed by atoms with E-state index in [2.05, 4.69) is 62.3 Å². The normalized spacial score (nSPS) is 14.2. The topological polar surface area (TPSA) is 45.0 Å². The number of benzene rings is 7. The molecule has 8 aromatic rings. The smallest absolute Gasteiger partial charge is 0.507 e. The Morgan fingerprint density at radius 2 is 0.839 bits per heavy atom. The van der Waals surface area contributed by atoms with Crippen LogP contribution in [-0.2, 0) is 40.2 Å². The molecule has 0 N–H and O–H groups in total. The van der Waals surface area contributed by atoms with Crippen molar-refractivity contribution in [3.63, 3.8) is 0 Å². The summed E-state index contributed by atoms with van der Waals surface area (Å²) in [4.78, 5) is 5.58. The van der Waals surface area contributed by atoms with Crippen LogP contribution in [-0.4, -0.2) is 24.6 Å². The summed E-state index contributed by atoms with van der Waals surface area (Å²) in [5.41, 5.74) is 4.11. The number of aryl methyl sites for hydroxylation is 1. The first kappa shape index (κ1) is 63.3. The molecule has 9 rings (SSSR count). The summed E-state index contributed by atoms with van der Waals surface area (Å²) >= 11 is 0. The molecule has 15 heteroatoms. The van der Waals surface area contributed by atoms with E-state index in [-0.39, 0.29) is 44.7 Å². The van der Waals surface area contributed by atoms with Crippen molar-refractivity contribution in [3.8, 4) is 39.6 Å². The molecule has 452 valence electrons. The van der Waals surface area contributed by atoms with Gasteiger partial charge >= 0.3 is 25.8 Å². The fraction of sp³-hybridized carbons (Fsp3) is 0.292. The molecule has 0 spiro atoms. The molecule has 0 saturated heterocycles. The standard InChI is InChI=1S/C72H70BF9N2O3/c1-43-35-52(70(74,75)76)38-55(36-43)86-73(87-56-39-53(71(77,78)79)37-54(40-56)72(80,81)82)84-61(47-25-33-51(34-26-47)69(11,12)13)42-59(45-21-29-49(30-22-45)67(5,6)7)65(84)63(57-17-15-16-18-62(57)85-14)64-58(44-19-27-48(28-20-44)66(2,3)4)41-60(83-64)46-23-31-50(32-24-46)68(8,9)10/h15-42H,1-14H3/b64-63-. The fourth-order valence-electron chi connectivity index (χ4n) is 10.6. The molecule has 7 aromatic carbocycles. The molecule has 1 aliphatic rings. The quantitative estimate of drug-likeness (QED) is 0.0904. The molecule has 0 fully saturated rings. The van der Waals surface area contributed by atoms with Crippen LogP contribution >= 0.6 is 0 Å². The van der Waals surface area contributed by atoms with Crippen LogP contribution in [0.5, 0.6) is 17.2 Å². The van der Waals surface area contributed by atoms with E-state index in [4.69, 9.17) is 19.0 Å². The van der Waals surface area contributed by atoms with Gasteiger partial charge in [-0.2, -0.15) is 39.5 Å². The average molecular weight is 1190 g/mol. The molecule has 2 heterocycles. The highest BCUT2D eigenvalue weighted by Gasteiger charge is 2.43. The summed E-state index contributed by atoms with van der Waals surface area (Å²) in [7, 11) is -0.723. The lowest BCUT2D eigenvalue weighted by atomic mass is 9.84. The molecule has 87 heavy (non-hydrogen) atoms. The molecule has 0 aliphatic carbocycles. The fourth-order valence-corrected chi connectivity index (χ4v) is 10.6. The first-order valence-corrected chi connectivity index (χ1v) is 28.6. The van der Waals surface area contributed by atoms with Gasteiger partial charge in [0.25, 0.3) is 0 Å². The summed E-state index contributed by atoms with van der Waals surface area (Å²) in [6.45, 7) is 26.3. The van der Waals surface area contributed by atoms with E-state index in [1.807, 2.05) is 136 Å². The number of hydrogen-bond donors (Lipinski definition) is 0. The van der Waals surface area contributed by atoms with Gasteiger partial charge in [-0.25, -0.2) is 4.99 Å². The van der Waals surface area contributed by atoms with Crippen LogP contribution in [0.25, 0.3) is 33.5 Å². The molecule has 0 amide bonds. The van der Waals surface area contributed by atoms with Crippen molar-refractivity contribution in [2.24, 2.45) is 4.99 Å². The second-order valence-electron chi connectivity index (χ2n) is 26.3. The largest absolute Gasteiger partial charge is 0.743 e. The van der Waals surface area contributed by atoms with Crippen molar-refractivity contribution in [1.29, 1.82) is 0 Å². The van der Waals surface area contributed by atoms with Gasteiger partial charge in [-0.1, -0.05) is 198 Å². The molecular formula is C72H70BF9N2O3. The van der Waals surface area contributed by atoms with E-state index >= 15 is 0 Å². The first-order chi connectivity index (χ1) is 40.4. The zero-order chi connectivity index (χ0) is 63.6. The maximum atomic E-state index is 14.9. The van der Waals surface area contributed by atoms with Gasteiger partial charge < -0.3 is 18.5 Å². The number of alkyl halides is 9. The predicted molar refractivity (Wildman–Crippen MR) is 332 cm³/mol. The van der Waals surface area contributed by atoms with E-state index < -0.39 is 54.0 Å². The summed E-state index contributed by atoms with van der Waals surface area (Å²) < 4.78 is 155. The van der Waals surface area contributed by atoms with Gasteiger partial charge in [0, 0.05) is 33.5 Å².